The van der Waals surface area contributed by atoms with E-state index in [2.05, 4.69) is 4.74 Å². The van der Waals surface area contributed by atoms with Gasteiger partial charge in [-0.25, -0.2) is 0 Å². The quantitative estimate of drug-likeness (QED) is 0.899. The normalized spacial score (nSPS) is 11.4. The van der Waals surface area contributed by atoms with E-state index in [1.54, 1.807) is 12.1 Å². The summed E-state index contributed by atoms with van der Waals surface area (Å²) in [7, 11) is 0. The molecule has 5 heteroatoms. The van der Waals surface area contributed by atoms with E-state index in [0.29, 0.717) is 6.54 Å². The van der Waals surface area contributed by atoms with E-state index in [1.807, 2.05) is 24.3 Å². The standard InChI is InChI=1S/C16H16F3NO/c17-16(18,19)21-15-8-6-13(7-9-15)14-5-1-3-12(11-14)4-2-10-20/h1,3,5-9,11H,2,4,10,20H2. The predicted octanol–water partition coefficient (Wildman–Crippen LogP) is 4.14. The maximum absolute atomic E-state index is 12.1. The molecular formula is C16H16F3NO. The lowest BCUT2D eigenvalue weighted by Crippen LogP contribution is -2.16. The van der Waals surface area contributed by atoms with E-state index in [4.69, 9.17) is 5.73 Å². The van der Waals surface area contributed by atoms with Crippen molar-refractivity contribution in [1.82, 2.24) is 0 Å². The Morgan fingerprint density at radius 3 is 2.29 bits per heavy atom. The molecule has 0 radical (unpaired) electrons. The van der Waals surface area contributed by atoms with Crippen molar-refractivity contribution in [3.63, 3.8) is 0 Å². The fraction of sp³-hybridized carbons (Fsp3) is 0.250. The van der Waals surface area contributed by atoms with Gasteiger partial charge in [0.2, 0.25) is 0 Å². The van der Waals surface area contributed by atoms with Crippen LogP contribution in [0.4, 0.5) is 13.2 Å². The van der Waals surface area contributed by atoms with Crippen molar-refractivity contribution in [2.45, 2.75) is 19.2 Å². The van der Waals surface area contributed by atoms with Crippen molar-refractivity contribution >= 4 is 0 Å². The van der Waals surface area contributed by atoms with Crippen LogP contribution < -0.4 is 10.5 Å². The number of ether oxygens (including phenoxy) is 1. The third kappa shape index (κ3) is 4.79. The number of halogens is 3. The zero-order valence-corrected chi connectivity index (χ0v) is 11.4. The number of aryl methyl sites for hydroxylation is 1. The molecule has 0 unspecified atom stereocenters. The molecule has 21 heavy (non-hydrogen) atoms. The Balaban J connectivity index is 2.15. The van der Waals surface area contributed by atoms with E-state index in [1.165, 1.54) is 12.1 Å². The van der Waals surface area contributed by atoms with Crippen LogP contribution in [-0.2, 0) is 6.42 Å². The van der Waals surface area contributed by atoms with Gasteiger partial charge in [-0.1, -0.05) is 36.4 Å². The molecule has 2 rings (SSSR count). The first kappa shape index (κ1) is 15.4. The van der Waals surface area contributed by atoms with Crippen LogP contribution in [0.15, 0.2) is 48.5 Å². The second kappa shape index (κ2) is 6.63. The minimum atomic E-state index is -4.66. The lowest BCUT2D eigenvalue weighted by molar-refractivity contribution is -0.274. The van der Waals surface area contributed by atoms with Gasteiger partial charge >= 0.3 is 6.36 Å². The van der Waals surface area contributed by atoms with Crippen molar-refractivity contribution in [3.8, 4) is 16.9 Å². The summed E-state index contributed by atoms with van der Waals surface area (Å²) in [5.74, 6) is -0.217. The predicted molar refractivity (Wildman–Crippen MR) is 75.9 cm³/mol. The Kier molecular flexibility index (Phi) is 4.85. The second-order valence-corrected chi connectivity index (χ2v) is 4.66. The molecule has 0 atom stereocenters. The summed E-state index contributed by atoms with van der Waals surface area (Å²) in [4.78, 5) is 0. The number of hydrogen-bond donors (Lipinski definition) is 1. The molecule has 0 saturated heterocycles. The van der Waals surface area contributed by atoms with Crippen LogP contribution in [0.25, 0.3) is 11.1 Å². The van der Waals surface area contributed by atoms with E-state index in [9.17, 15) is 13.2 Å². The molecule has 0 aliphatic heterocycles. The summed E-state index contributed by atoms with van der Waals surface area (Å²) >= 11 is 0. The van der Waals surface area contributed by atoms with Gasteiger partial charge in [-0.15, -0.1) is 13.2 Å². The van der Waals surface area contributed by atoms with E-state index < -0.39 is 6.36 Å². The summed E-state index contributed by atoms with van der Waals surface area (Å²) in [5, 5.41) is 0. The van der Waals surface area contributed by atoms with Gasteiger partial charge in [-0.05, 0) is 48.2 Å². The molecule has 0 heterocycles. The summed E-state index contributed by atoms with van der Waals surface area (Å²) in [6.07, 6.45) is -2.87. The highest BCUT2D eigenvalue weighted by molar-refractivity contribution is 5.64. The zero-order chi connectivity index (χ0) is 15.3. The molecule has 0 saturated carbocycles. The topological polar surface area (TPSA) is 35.2 Å². The fourth-order valence-corrected chi connectivity index (χ4v) is 2.06. The highest BCUT2D eigenvalue weighted by atomic mass is 19.4. The minimum Gasteiger partial charge on any atom is -0.406 e. The number of rotatable bonds is 5. The monoisotopic (exact) mass is 295 g/mol. The van der Waals surface area contributed by atoms with Gasteiger partial charge in [-0.2, -0.15) is 0 Å². The summed E-state index contributed by atoms with van der Waals surface area (Å²) in [5.41, 5.74) is 8.46. The van der Waals surface area contributed by atoms with Gasteiger partial charge in [0.05, 0.1) is 0 Å². The third-order valence-corrected chi connectivity index (χ3v) is 3.02. The lowest BCUT2D eigenvalue weighted by Gasteiger charge is -2.10. The highest BCUT2D eigenvalue weighted by Crippen LogP contribution is 2.27. The average molecular weight is 295 g/mol. The lowest BCUT2D eigenvalue weighted by atomic mass is 10.0. The number of nitrogens with two attached hydrogens (primary N) is 1. The van der Waals surface area contributed by atoms with Crippen LogP contribution >= 0.6 is 0 Å². The maximum Gasteiger partial charge on any atom is 0.573 e. The van der Waals surface area contributed by atoms with Crippen LogP contribution in [0.3, 0.4) is 0 Å². The van der Waals surface area contributed by atoms with Crippen molar-refractivity contribution in [3.05, 3.63) is 54.1 Å². The van der Waals surface area contributed by atoms with Crippen LogP contribution in [0.1, 0.15) is 12.0 Å². The van der Waals surface area contributed by atoms with Crippen molar-refractivity contribution in [1.29, 1.82) is 0 Å². The molecule has 0 fully saturated rings. The first-order chi connectivity index (χ1) is 9.98. The molecule has 112 valence electrons. The molecule has 0 aliphatic carbocycles. The first-order valence-electron chi connectivity index (χ1n) is 6.63. The van der Waals surface area contributed by atoms with Crippen LogP contribution in [0, 0.1) is 0 Å². The van der Waals surface area contributed by atoms with Crippen molar-refractivity contribution in [2.75, 3.05) is 6.54 Å². The Bertz CT molecular complexity index is 579. The van der Waals surface area contributed by atoms with Crippen LogP contribution in [0.2, 0.25) is 0 Å². The molecule has 0 bridgehead atoms. The summed E-state index contributed by atoms with van der Waals surface area (Å²) < 4.78 is 40.2. The average Bonchev–Trinajstić information content (AvgIpc) is 2.44. The van der Waals surface area contributed by atoms with Gasteiger partial charge in [0.15, 0.2) is 0 Å². The molecule has 0 amide bonds. The minimum absolute atomic E-state index is 0.217. The molecule has 2 aromatic rings. The van der Waals surface area contributed by atoms with Gasteiger partial charge in [0, 0.05) is 0 Å². The zero-order valence-electron chi connectivity index (χ0n) is 11.4. The molecule has 2 aromatic carbocycles. The molecule has 2 nitrogen and oxygen atoms in total. The van der Waals surface area contributed by atoms with E-state index in [0.717, 1.165) is 29.5 Å². The van der Waals surface area contributed by atoms with E-state index >= 15 is 0 Å². The Hall–Kier alpha value is -2.01. The SMILES string of the molecule is NCCCc1cccc(-c2ccc(OC(F)(F)F)cc2)c1. The summed E-state index contributed by atoms with van der Waals surface area (Å²) in [6, 6.07) is 13.7. The molecule has 0 spiro atoms. The fourth-order valence-electron chi connectivity index (χ4n) is 2.06. The van der Waals surface area contributed by atoms with Gasteiger partial charge in [0.25, 0.3) is 0 Å². The molecule has 0 aromatic heterocycles. The largest absolute Gasteiger partial charge is 0.573 e. The van der Waals surface area contributed by atoms with Gasteiger partial charge in [-0.3, -0.25) is 0 Å². The summed E-state index contributed by atoms with van der Waals surface area (Å²) in [6.45, 7) is 0.633. The van der Waals surface area contributed by atoms with Crippen molar-refractivity contribution < 1.29 is 17.9 Å². The number of alkyl halides is 3. The van der Waals surface area contributed by atoms with Gasteiger partial charge in [0.1, 0.15) is 5.75 Å². The smallest absolute Gasteiger partial charge is 0.406 e. The van der Waals surface area contributed by atoms with Crippen LogP contribution in [-0.4, -0.2) is 12.9 Å². The maximum atomic E-state index is 12.1. The van der Waals surface area contributed by atoms with E-state index in [-0.39, 0.29) is 5.75 Å². The Labute approximate surface area is 121 Å². The van der Waals surface area contributed by atoms with Gasteiger partial charge < -0.3 is 10.5 Å². The molecular weight excluding hydrogens is 279 g/mol. The first-order valence-corrected chi connectivity index (χ1v) is 6.63. The number of hydrogen-bond acceptors (Lipinski definition) is 2. The molecule has 2 N–H and O–H groups in total. The third-order valence-electron chi connectivity index (χ3n) is 3.02. The highest BCUT2D eigenvalue weighted by Gasteiger charge is 2.30. The Morgan fingerprint density at radius 2 is 1.67 bits per heavy atom. The van der Waals surface area contributed by atoms with Crippen LogP contribution in [0.5, 0.6) is 5.75 Å². The second-order valence-electron chi connectivity index (χ2n) is 4.66. The number of benzene rings is 2. The van der Waals surface area contributed by atoms with Crippen molar-refractivity contribution in [2.24, 2.45) is 5.73 Å². The Morgan fingerprint density at radius 1 is 0.952 bits per heavy atom. The molecule has 0 aliphatic rings.